The van der Waals surface area contributed by atoms with Crippen molar-refractivity contribution in [2.24, 2.45) is 0 Å². The number of hydrogen-bond donors (Lipinski definition) is 1. The van der Waals surface area contributed by atoms with E-state index in [0.29, 0.717) is 6.54 Å². The summed E-state index contributed by atoms with van der Waals surface area (Å²) >= 11 is 0. The fourth-order valence-electron chi connectivity index (χ4n) is 1.68. The van der Waals surface area contributed by atoms with Crippen molar-refractivity contribution < 1.29 is 14.2 Å². The third-order valence-electron chi connectivity index (χ3n) is 2.63. The number of aromatic nitrogens is 2. The van der Waals surface area contributed by atoms with Crippen molar-refractivity contribution in [1.29, 1.82) is 0 Å². The van der Waals surface area contributed by atoms with Gasteiger partial charge in [0.1, 0.15) is 6.20 Å². The third-order valence-corrected chi connectivity index (χ3v) is 2.63. The average Bonchev–Trinajstić information content (AvgIpc) is 2.89. The molecule has 0 bridgehead atoms. The average molecular weight is 240 g/mol. The Morgan fingerprint density at radius 2 is 2.29 bits per heavy atom. The zero-order valence-electron chi connectivity index (χ0n) is 9.59. The maximum Gasteiger partial charge on any atom is 0.275 e. The Hall–Kier alpha value is -1.47. The SMILES string of the molecule is O=C(NCCCN1CCOCC1)c1cnon1. The summed E-state index contributed by atoms with van der Waals surface area (Å²) in [6, 6.07) is 0. The summed E-state index contributed by atoms with van der Waals surface area (Å²) in [5.74, 6) is -0.242. The number of rotatable bonds is 5. The fraction of sp³-hybridized carbons (Fsp3) is 0.700. The molecule has 0 radical (unpaired) electrons. The second kappa shape index (κ2) is 6.31. The van der Waals surface area contributed by atoms with E-state index in [1.165, 1.54) is 6.20 Å². The van der Waals surface area contributed by atoms with Crippen LogP contribution in [0.4, 0.5) is 0 Å². The summed E-state index contributed by atoms with van der Waals surface area (Å²) in [4.78, 5) is 13.8. The van der Waals surface area contributed by atoms with Crippen LogP contribution < -0.4 is 5.32 Å². The first-order chi connectivity index (χ1) is 8.36. The van der Waals surface area contributed by atoms with Gasteiger partial charge in [0.2, 0.25) is 0 Å². The molecule has 0 saturated carbocycles. The minimum atomic E-state index is -0.242. The van der Waals surface area contributed by atoms with Gasteiger partial charge in [0.15, 0.2) is 5.69 Å². The van der Waals surface area contributed by atoms with Gasteiger partial charge in [0.05, 0.1) is 13.2 Å². The van der Waals surface area contributed by atoms with E-state index in [1.54, 1.807) is 0 Å². The molecule has 1 aliphatic heterocycles. The molecule has 1 N–H and O–H groups in total. The zero-order chi connectivity index (χ0) is 11.9. The molecule has 0 atom stereocenters. The molecule has 1 aromatic rings. The zero-order valence-corrected chi connectivity index (χ0v) is 9.59. The number of carbonyl (C=O) groups excluding carboxylic acids is 1. The van der Waals surface area contributed by atoms with E-state index in [2.05, 4.69) is 25.2 Å². The molecule has 7 nitrogen and oxygen atoms in total. The molecule has 1 saturated heterocycles. The van der Waals surface area contributed by atoms with Crippen LogP contribution in [0.1, 0.15) is 16.9 Å². The lowest BCUT2D eigenvalue weighted by atomic mass is 10.3. The Kier molecular flexibility index (Phi) is 4.45. The van der Waals surface area contributed by atoms with Crippen molar-refractivity contribution in [3.8, 4) is 0 Å². The van der Waals surface area contributed by atoms with Crippen LogP contribution in [0.3, 0.4) is 0 Å². The van der Waals surface area contributed by atoms with Crippen molar-refractivity contribution in [2.75, 3.05) is 39.4 Å². The fourth-order valence-corrected chi connectivity index (χ4v) is 1.68. The topological polar surface area (TPSA) is 80.5 Å². The maximum absolute atomic E-state index is 11.4. The highest BCUT2D eigenvalue weighted by Gasteiger charge is 2.11. The molecule has 1 amide bonds. The van der Waals surface area contributed by atoms with Gasteiger partial charge in [-0.25, -0.2) is 4.63 Å². The summed E-state index contributed by atoms with van der Waals surface area (Å²) in [7, 11) is 0. The van der Waals surface area contributed by atoms with Crippen molar-refractivity contribution in [3.63, 3.8) is 0 Å². The lowest BCUT2D eigenvalue weighted by Crippen LogP contribution is -2.38. The number of hydrogen-bond acceptors (Lipinski definition) is 6. The first-order valence-electron chi connectivity index (χ1n) is 5.72. The van der Waals surface area contributed by atoms with Gasteiger partial charge in [0, 0.05) is 19.6 Å². The number of carbonyl (C=O) groups is 1. The van der Waals surface area contributed by atoms with Crippen molar-refractivity contribution in [2.45, 2.75) is 6.42 Å². The van der Waals surface area contributed by atoms with Gasteiger partial charge < -0.3 is 10.1 Å². The van der Waals surface area contributed by atoms with Crippen LogP contribution in [0.15, 0.2) is 10.8 Å². The van der Waals surface area contributed by atoms with E-state index < -0.39 is 0 Å². The number of ether oxygens (including phenoxy) is 1. The number of nitrogens with one attached hydrogen (secondary N) is 1. The predicted molar refractivity (Wildman–Crippen MR) is 58.5 cm³/mol. The summed E-state index contributed by atoms with van der Waals surface area (Å²) in [6.07, 6.45) is 2.22. The van der Waals surface area contributed by atoms with Gasteiger partial charge in [-0.1, -0.05) is 5.16 Å². The highest BCUT2D eigenvalue weighted by Crippen LogP contribution is 1.97. The summed E-state index contributed by atoms with van der Waals surface area (Å²) in [5.41, 5.74) is 0.219. The minimum absolute atomic E-state index is 0.219. The van der Waals surface area contributed by atoms with Crippen molar-refractivity contribution >= 4 is 5.91 Å². The molecular weight excluding hydrogens is 224 g/mol. The first kappa shape index (κ1) is 12.0. The quantitative estimate of drug-likeness (QED) is 0.700. The Bertz CT molecular complexity index is 335. The molecule has 94 valence electrons. The summed E-state index contributed by atoms with van der Waals surface area (Å²) in [6.45, 7) is 5.15. The largest absolute Gasteiger partial charge is 0.379 e. The third kappa shape index (κ3) is 3.79. The standard InChI is InChI=1S/C10H16N4O3/c15-10(9-8-12-17-13-9)11-2-1-3-14-4-6-16-7-5-14/h8H,1-7H2,(H,11,15). The molecule has 0 spiro atoms. The van der Waals surface area contributed by atoms with E-state index in [-0.39, 0.29) is 11.6 Å². The van der Waals surface area contributed by atoms with Crippen LogP contribution in [-0.4, -0.2) is 60.5 Å². The van der Waals surface area contributed by atoms with Crippen LogP contribution in [0, 0.1) is 0 Å². The van der Waals surface area contributed by atoms with Gasteiger partial charge in [-0.3, -0.25) is 9.69 Å². The second-order valence-corrected chi connectivity index (χ2v) is 3.86. The van der Waals surface area contributed by atoms with Crippen molar-refractivity contribution in [1.82, 2.24) is 20.5 Å². The van der Waals surface area contributed by atoms with Crippen molar-refractivity contribution in [3.05, 3.63) is 11.9 Å². The number of nitrogens with zero attached hydrogens (tertiary/aromatic N) is 3. The molecule has 0 aliphatic carbocycles. The van der Waals surface area contributed by atoms with Gasteiger partial charge in [0.25, 0.3) is 5.91 Å². The second-order valence-electron chi connectivity index (χ2n) is 3.86. The normalized spacial score (nSPS) is 16.9. The lowest BCUT2D eigenvalue weighted by Gasteiger charge is -2.26. The first-order valence-corrected chi connectivity index (χ1v) is 5.72. The highest BCUT2D eigenvalue weighted by atomic mass is 16.6. The molecule has 2 rings (SSSR count). The molecule has 1 aliphatic rings. The van der Waals surface area contributed by atoms with E-state index in [4.69, 9.17) is 4.74 Å². The monoisotopic (exact) mass is 240 g/mol. The van der Waals surface area contributed by atoms with Gasteiger partial charge in [-0.05, 0) is 18.1 Å². The van der Waals surface area contributed by atoms with Crippen LogP contribution in [0.25, 0.3) is 0 Å². The highest BCUT2D eigenvalue weighted by molar-refractivity contribution is 5.91. The molecule has 1 aromatic heterocycles. The van der Waals surface area contributed by atoms with Crippen LogP contribution >= 0.6 is 0 Å². The lowest BCUT2D eigenvalue weighted by molar-refractivity contribution is 0.0374. The maximum atomic E-state index is 11.4. The van der Waals surface area contributed by atoms with Crippen LogP contribution in [0.2, 0.25) is 0 Å². The molecule has 2 heterocycles. The number of morpholine rings is 1. The molecule has 17 heavy (non-hydrogen) atoms. The predicted octanol–water partition coefficient (Wildman–Crippen LogP) is -0.478. The molecule has 0 unspecified atom stereocenters. The van der Waals surface area contributed by atoms with E-state index in [1.807, 2.05) is 0 Å². The van der Waals surface area contributed by atoms with Crippen LogP contribution in [-0.2, 0) is 4.74 Å². The summed E-state index contributed by atoms with van der Waals surface area (Å²) in [5, 5.41) is 9.60. The van der Waals surface area contributed by atoms with Crippen LogP contribution in [0.5, 0.6) is 0 Å². The van der Waals surface area contributed by atoms with Gasteiger partial charge >= 0.3 is 0 Å². The Balaban J connectivity index is 1.58. The minimum Gasteiger partial charge on any atom is -0.379 e. The molecule has 7 heteroatoms. The molecule has 0 aromatic carbocycles. The van der Waals surface area contributed by atoms with E-state index in [9.17, 15) is 4.79 Å². The summed E-state index contributed by atoms with van der Waals surface area (Å²) < 4.78 is 9.61. The Labute approximate surface area is 99.1 Å². The molecule has 1 fully saturated rings. The van der Waals surface area contributed by atoms with E-state index >= 15 is 0 Å². The Morgan fingerprint density at radius 1 is 1.47 bits per heavy atom. The smallest absolute Gasteiger partial charge is 0.275 e. The van der Waals surface area contributed by atoms with E-state index in [0.717, 1.165) is 39.3 Å². The Morgan fingerprint density at radius 3 is 3.00 bits per heavy atom. The molecular formula is C10H16N4O3. The van der Waals surface area contributed by atoms with Gasteiger partial charge in [-0.15, -0.1) is 0 Å². The van der Waals surface area contributed by atoms with Gasteiger partial charge in [-0.2, -0.15) is 0 Å². The number of amides is 1.